The molecule has 14 heteroatoms. The number of likely N-dealkylation sites (tertiary alicyclic amines) is 1. The molecular formula is C23H26N4O6S4. The fourth-order valence-corrected chi connectivity index (χ4v) is 10.2. The lowest BCUT2D eigenvalue weighted by atomic mass is 9.57. The van der Waals surface area contributed by atoms with Gasteiger partial charge in [-0.3, -0.25) is 9.59 Å². The van der Waals surface area contributed by atoms with Gasteiger partial charge in [-0.1, -0.05) is 0 Å². The van der Waals surface area contributed by atoms with Crippen molar-refractivity contribution in [3.63, 3.8) is 0 Å². The van der Waals surface area contributed by atoms with E-state index in [0.717, 1.165) is 48.8 Å². The minimum Gasteiger partial charge on any atom is -0.333 e. The first-order valence-electron chi connectivity index (χ1n) is 12.1. The Morgan fingerprint density at radius 1 is 1.16 bits per heavy atom. The molecule has 2 aromatic heterocycles. The van der Waals surface area contributed by atoms with Gasteiger partial charge in [0.05, 0.1) is 6.26 Å². The van der Waals surface area contributed by atoms with E-state index >= 15 is 0 Å². The van der Waals surface area contributed by atoms with Crippen molar-refractivity contribution in [3.8, 4) is 0 Å². The summed E-state index contributed by atoms with van der Waals surface area (Å²) >= 11 is 2.62. The van der Waals surface area contributed by atoms with Crippen molar-refractivity contribution in [2.75, 3.05) is 11.6 Å². The Kier molecular flexibility index (Phi) is 6.10. The number of carbonyl (C=O) groups is 2. The van der Waals surface area contributed by atoms with E-state index in [1.165, 1.54) is 5.38 Å². The number of amidine groups is 1. The zero-order valence-corrected chi connectivity index (χ0v) is 23.2. The first-order chi connectivity index (χ1) is 17.5. The van der Waals surface area contributed by atoms with Crippen LogP contribution < -0.4 is 10.0 Å². The molecule has 10 nitrogen and oxygen atoms in total. The van der Waals surface area contributed by atoms with Crippen LogP contribution in [0, 0.1) is 23.7 Å². The fraction of sp³-hybridized carbons (Fsp3) is 0.522. The van der Waals surface area contributed by atoms with Gasteiger partial charge in [0, 0.05) is 30.6 Å². The quantitative estimate of drug-likeness (QED) is 0.498. The summed E-state index contributed by atoms with van der Waals surface area (Å²) in [4.78, 5) is 29.5. The summed E-state index contributed by atoms with van der Waals surface area (Å²) < 4.78 is 55.8. The third-order valence-corrected chi connectivity index (χ3v) is 11.8. The minimum atomic E-state index is -4.27. The second-order valence-electron chi connectivity index (χ2n) is 10.2. The molecule has 5 aliphatic rings. The number of sulfonamides is 2. The molecule has 4 heterocycles. The number of anilines is 1. The Morgan fingerprint density at radius 3 is 2.57 bits per heavy atom. The molecule has 2 aliphatic heterocycles. The van der Waals surface area contributed by atoms with Gasteiger partial charge in [-0.05, 0) is 65.3 Å². The molecule has 3 unspecified atom stereocenters. The number of nitrogens with one attached hydrogen (secondary N) is 2. The van der Waals surface area contributed by atoms with Crippen LogP contribution in [0.4, 0.5) is 5.00 Å². The second kappa shape index (κ2) is 8.97. The molecule has 4 fully saturated rings. The number of amides is 1. The highest BCUT2D eigenvalue weighted by Crippen LogP contribution is 2.51. The number of ketones is 1. The lowest BCUT2D eigenvalue weighted by Gasteiger charge is -2.55. The molecule has 0 spiro atoms. The molecule has 37 heavy (non-hydrogen) atoms. The lowest BCUT2D eigenvalue weighted by molar-refractivity contribution is -0.162. The van der Waals surface area contributed by atoms with Crippen molar-refractivity contribution in [1.29, 1.82) is 0 Å². The predicted molar refractivity (Wildman–Crippen MR) is 140 cm³/mol. The topological polar surface area (TPSA) is 142 Å². The summed E-state index contributed by atoms with van der Waals surface area (Å²) in [6.45, 7) is 0.168. The maximum atomic E-state index is 14.0. The number of carbonyl (C=O) groups excluding carboxylic acids is 2. The average Bonchev–Trinajstić information content (AvgIpc) is 3.50. The minimum absolute atomic E-state index is 0.127. The van der Waals surface area contributed by atoms with Gasteiger partial charge in [0.2, 0.25) is 15.9 Å². The van der Waals surface area contributed by atoms with Crippen LogP contribution in [0.25, 0.3) is 0 Å². The van der Waals surface area contributed by atoms with Gasteiger partial charge in [0.1, 0.15) is 15.7 Å². The zero-order valence-electron chi connectivity index (χ0n) is 19.9. The van der Waals surface area contributed by atoms with E-state index in [2.05, 4.69) is 14.4 Å². The molecular weight excluding hydrogens is 557 g/mol. The fourth-order valence-electron chi connectivity index (χ4n) is 6.43. The monoisotopic (exact) mass is 582 g/mol. The number of fused-ring (bicyclic) bond motifs is 3. The molecule has 0 aromatic carbocycles. The van der Waals surface area contributed by atoms with Gasteiger partial charge in [0.15, 0.2) is 11.7 Å². The van der Waals surface area contributed by atoms with Crippen molar-refractivity contribution >= 4 is 65.2 Å². The van der Waals surface area contributed by atoms with Crippen LogP contribution in [-0.2, 0) is 42.7 Å². The summed E-state index contributed by atoms with van der Waals surface area (Å²) in [7, 11) is -7.81. The number of Topliss-reactive ketones (excluding diaryl/α,β-unsaturated/α-hetero) is 1. The van der Waals surface area contributed by atoms with Crippen molar-refractivity contribution in [3.05, 3.63) is 33.3 Å². The predicted octanol–water partition coefficient (Wildman–Crippen LogP) is 2.40. The van der Waals surface area contributed by atoms with Gasteiger partial charge >= 0.3 is 0 Å². The smallest absolute Gasteiger partial charge is 0.287 e. The number of piperidine rings is 1. The van der Waals surface area contributed by atoms with Crippen LogP contribution in [0.3, 0.4) is 0 Å². The molecule has 2 aromatic rings. The molecule has 3 aliphatic carbocycles. The van der Waals surface area contributed by atoms with Crippen LogP contribution in [0.15, 0.2) is 31.5 Å². The molecule has 0 radical (unpaired) electrons. The van der Waals surface area contributed by atoms with Crippen LogP contribution >= 0.6 is 22.7 Å². The molecule has 1 amide bonds. The zero-order chi connectivity index (χ0) is 26.1. The van der Waals surface area contributed by atoms with Crippen molar-refractivity contribution in [1.82, 2.24) is 9.62 Å². The third-order valence-electron chi connectivity index (χ3n) is 7.94. The number of hydrogen-bond acceptors (Lipinski definition) is 9. The van der Waals surface area contributed by atoms with Gasteiger partial charge in [-0.15, -0.1) is 15.7 Å². The Morgan fingerprint density at radius 2 is 1.89 bits per heavy atom. The normalized spacial score (nSPS) is 30.5. The maximum absolute atomic E-state index is 14.0. The third kappa shape index (κ3) is 4.36. The molecule has 2 bridgehead atoms. The van der Waals surface area contributed by atoms with Crippen LogP contribution in [0.1, 0.15) is 36.8 Å². The first-order valence-corrected chi connectivity index (χ1v) is 17.2. The highest BCUT2D eigenvalue weighted by atomic mass is 32.2. The summed E-state index contributed by atoms with van der Waals surface area (Å²) in [6.07, 6.45) is 4.85. The van der Waals surface area contributed by atoms with Crippen molar-refractivity contribution < 1.29 is 26.4 Å². The first kappa shape index (κ1) is 25.2. The lowest BCUT2D eigenvalue weighted by Crippen LogP contribution is -2.66. The molecule has 2 N–H and O–H groups in total. The Labute approximate surface area is 223 Å². The van der Waals surface area contributed by atoms with E-state index in [1.807, 2.05) is 16.8 Å². The van der Waals surface area contributed by atoms with E-state index in [9.17, 15) is 26.4 Å². The van der Waals surface area contributed by atoms with Crippen molar-refractivity contribution in [2.45, 2.75) is 49.7 Å². The molecule has 3 atom stereocenters. The summed E-state index contributed by atoms with van der Waals surface area (Å²) in [5.74, 6) is -2.03. The standard InChI is InChI=1S/C23H26N4O6S4/c1-36(30,31)24-8-15-11-35-22-20(15)37(32,33)26-21(25-22)17-19(28)16-13-2-4-14(5-3-13)18(16)27(23(17)29)9-12-6-7-34-10-12/h6-7,10-11,13-14,16-18,24H,2-5,8-9H2,1H3,(H,25,26). The molecule has 1 saturated heterocycles. The Bertz CT molecular complexity index is 1500. The number of thiophene rings is 2. The number of rotatable bonds is 6. The van der Waals surface area contributed by atoms with E-state index in [4.69, 9.17) is 0 Å². The maximum Gasteiger partial charge on any atom is 0.287 e. The van der Waals surface area contributed by atoms with E-state index in [-0.39, 0.29) is 57.4 Å². The van der Waals surface area contributed by atoms with Gasteiger partial charge in [0.25, 0.3) is 10.0 Å². The van der Waals surface area contributed by atoms with Crippen molar-refractivity contribution in [2.24, 2.45) is 28.1 Å². The number of hydrogen-bond donors (Lipinski definition) is 2. The second-order valence-corrected chi connectivity index (χ2v) is 15.2. The van der Waals surface area contributed by atoms with Gasteiger partial charge < -0.3 is 10.2 Å². The Balaban J connectivity index is 1.37. The van der Waals surface area contributed by atoms with Crippen LogP contribution in [0.5, 0.6) is 0 Å². The van der Waals surface area contributed by atoms with E-state index in [0.29, 0.717) is 6.54 Å². The van der Waals surface area contributed by atoms with Gasteiger partial charge in [-0.25, -0.2) is 13.1 Å². The van der Waals surface area contributed by atoms with E-state index in [1.54, 1.807) is 16.2 Å². The highest BCUT2D eigenvalue weighted by Gasteiger charge is 2.58. The summed E-state index contributed by atoms with van der Waals surface area (Å²) in [5.41, 5.74) is 1.24. The Hall–Kier alpha value is -2.13. The largest absolute Gasteiger partial charge is 0.333 e. The SMILES string of the molecule is CS(=O)(=O)NCc1csc2c1S(=O)(=O)N=C(C1C(=O)C3C4CCC(CC4)C3N(Cc3ccsc3)C1=O)N2. The van der Waals surface area contributed by atoms with E-state index < -0.39 is 31.9 Å². The summed E-state index contributed by atoms with van der Waals surface area (Å²) in [5, 5.41) is 8.67. The summed E-state index contributed by atoms with van der Waals surface area (Å²) in [6, 6.07) is 1.79. The number of nitrogens with zero attached hydrogens (tertiary/aromatic N) is 2. The molecule has 7 rings (SSSR count). The molecule has 3 saturated carbocycles. The highest BCUT2D eigenvalue weighted by molar-refractivity contribution is 7.91. The van der Waals surface area contributed by atoms with Crippen LogP contribution in [-0.4, -0.2) is 51.6 Å². The van der Waals surface area contributed by atoms with Crippen LogP contribution in [0.2, 0.25) is 0 Å². The van der Waals surface area contributed by atoms with Gasteiger partial charge in [-0.2, -0.15) is 19.8 Å². The average molecular weight is 583 g/mol. The molecule has 198 valence electrons.